The van der Waals surface area contributed by atoms with Gasteiger partial charge in [-0.2, -0.15) is 10.2 Å². The van der Waals surface area contributed by atoms with Crippen molar-refractivity contribution in [3.05, 3.63) is 53.6 Å². The molecule has 7 heteroatoms. The third-order valence-corrected chi connectivity index (χ3v) is 5.39. The van der Waals surface area contributed by atoms with Crippen molar-refractivity contribution < 1.29 is 14.3 Å². The molecule has 0 bridgehead atoms. The number of hydrogen-bond acceptors (Lipinski definition) is 6. The minimum Gasteiger partial charge on any atom is -0.376 e. The summed E-state index contributed by atoms with van der Waals surface area (Å²) in [6, 6.07) is 7.67. The summed E-state index contributed by atoms with van der Waals surface area (Å²) in [5.74, 6) is 0.807. The average Bonchev–Trinajstić information content (AvgIpc) is 3.27. The lowest BCUT2D eigenvalue weighted by molar-refractivity contribution is 0.0646. The predicted molar refractivity (Wildman–Crippen MR) is 97.9 cm³/mol. The Labute approximate surface area is 158 Å². The SMILES string of the molecule is Cc1cccc(COCC[C@H]2CO[C@H]3CN(C(=O)c4ccnnc4)C[C@@H]23)n1. The number of pyridine rings is 1. The number of aryl methyl sites for hydroxylation is 1. The minimum atomic E-state index is 0.00317. The van der Waals surface area contributed by atoms with E-state index in [-0.39, 0.29) is 12.0 Å². The highest BCUT2D eigenvalue weighted by Gasteiger charge is 2.45. The van der Waals surface area contributed by atoms with Crippen molar-refractivity contribution in [2.75, 3.05) is 26.3 Å². The summed E-state index contributed by atoms with van der Waals surface area (Å²) in [7, 11) is 0. The third-order valence-electron chi connectivity index (χ3n) is 5.39. The number of likely N-dealkylation sites (tertiary alicyclic amines) is 1. The number of aromatic nitrogens is 3. The van der Waals surface area contributed by atoms with E-state index in [1.165, 1.54) is 6.20 Å². The monoisotopic (exact) mass is 368 g/mol. The van der Waals surface area contributed by atoms with Crippen LogP contribution in [0.15, 0.2) is 36.7 Å². The third kappa shape index (κ3) is 4.14. The largest absolute Gasteiger partial charge is 0.376 e. The van der Waals surface area contributed by atoms with Gasteiger partial charge in [0, 0.05) is 31.3 Å². The maximum absolute atomic E-state index is 12.6. The first-order valence-electron chi connectivity index (χ1n) is 9.38. The molecule has 0 spiro atoms. The van der Waals surface area contributed by atoms with E-state index in [9.17, 15) is 4.79 Å². The van der Waals surface area contributed by atoms with E-state index in [0.717, 1.165) is 31.0 Å². The van der Waals surface area contributed by atoms with Crippen LogP contribution in [0.4, 0.5) is 0 Å². The normalized spacial score (nSPS) is 24.2. The fourth-order valence-electron chi connectivity index (χ4n) is 3.95. The van der Waals surface area contributed by atoms with Crippen LogP contribution in [0.5, 0.6) is 0 Å². The molecule has 0 N–H and O–H groups in total. The second-order valence-corrected chi connectivity index (χ2v) is 7.25. The lowest BCUT2D eigenvalue weighted by Crippen LogP contribution is -2.31. The maximum atomic E-state index is 12.6. The van der Waals surface area contributed by atoms with Crippen LogP contribution in [0, 0.1) is 18.8 Å². The Hall–Kier alpha value is -2.38. The molecule has 0 aliphatic carbocycles. The predicted octanol–water partition coefficient (Wildman–Crippen LogP) is 1.87. The highest BCUT2D eigenvalue weighted by atomic mass is 16.5. The fourth-order valence-corrected chi connectivity index (χ4v) is 3.95. The molecule has 0 unspecified atom stereocenters. The second-order valence-electron chi connectivity index (χ2n) is 7.25. The van der Waals surface area contributed by atoms with Gasteiger partial charge in [0.1, 0.15) is 0 Å². The summed E-state index contributed by atoms with van der Waals surface area (Å²) >= 11 is 0. The van der Waals surface area contributed by atoms with Crippen molar-refractivity contribution in [1.29, 1.82) is 0 Å². The molecule has 1 amide bonds. The van der Waals surface area contributed by atoms with Gasteiger partial charge >= 0.3 is 0 Å². The van der Waals surface area contributed by atoms with E-state index in [1.54, 1.807) is 12.3 Å². The highest BCUT2D eigenvalue weighted by Crippen LogP contribution is 2.36. The number of carbonyl (C=O) groups excluding carboxylic acids is 1. The lowest BCUT2D eigenvalue weighted by Gasteiger charge is -2.19. The minimum absolute atomic E-state index is 0.00317. The van der Waals surface area contributed by atoms with Crippen LogP contribution in [-0.2, 0) is 16.1 Å². The van der Waals surface area contributed by atoms with Crippen molar-refractivity contribution in [2.45, 2.75) is 26.1 Å². The molecule has 2 aliphatic rings. The Morgan fingerprint density at radius 2 is 2.22 bits per heavy atom. The molecule has 0 saturated carbocycles. The Balaban J connectivity index is 1.26. The molecule has 2 aliphatic heterocycles. The van der Waals surface area contributed by atoms with Gasteiger partial charge in [0.15, 0.2) is 0 Å². The molecule has 2 saturated heterocycles. The van der Waals surface area contributed by atoms with Gasteiger partial charge in [-0.15, -0.1) is 0 Å². The zero-order valence-electron chi connectivity index (χ0n) is 15.5. The summed E-state index contributed by atoms with van der Waals surface area (Å²) in [6.45, 7) is 5.32. The number of rotatable bonds is 6. The summed E-state index contributed by atoms with van der Waals surface area (Å²) in [4.78, 5) is 18.9. The molecule has 2 aromatic heterocycles. The molecule has 4 heterocycles. The molecule has 3 atom stereocenters. The zero-order valence-corrected chi connectivity index (χ0v) is 15.5. The Morgan fingerprint density at radius 1 is 1.30 bits per heavy atom. The van der Waals surface area contributed by atoms with Crippen LogP contribution in [0.25, 0.3) is 0 Å². The van der Waals surface area contributed by atoms with Crippen LogP contribution in [0.2, 0.25) is 0 Å². The van der Waals surface area contributed by atoms with Crippen LogP contribution in [0.1, 0.15) is 28.2 Å². The van der Waals surface area contributed by atoms with Crippen molar-refractivity contribution in [2.24, 2.45) is 11.8 Å². The molecule has 0 aromatic carbocycles. The van der Waals surface area contributed by atoms with Gasteiger partial charge in [-0.1, -0.05) is 6.07 Å². The number of amides is 1. The van der Waals surface area contributed by atoms with Gasteiger partial charge in [0.25, 0.3) is 5.91 Å². The second kappa shape index (κ2) is 8.10. The highest BCUT2D eigenvalue weighted by molar-refractivity contribution is 5.94. The first-order valence-corrected chi connectivity index (χ1v) is 9.38. The van der Waals surface area contributed by atoms with Crippen molar-refractivity contribution >= 4 is 5.91 Å². The van der Waals surface area contributed by atoms with Crippen LogP contribution < -0.4 is 0 Å². The number of nitrogens with zero attached hydrogens (tertiary/aromatic N) is 4. The first-order chi connectivity index (χ1) is 13.2. The van der Waals surface area contributed by atoms with E-state index < -0.39 is 0 Å². The molecule has 4 rings (SSSR count). The fraction of sp³-hybridized carbons (Fsp3) is 0.500. The van der Waals surface area contributed by atoms with Gasteiger partial charge in [-0.3, -0.25) is 9.78 Å². The van der Waals surface area contributed by atoms with Crippen molar-refractivity contribution in [1.82, 2.24) is 20.1 Å². The molecule has 2 fully saturated rings. The van der Waals surface area contributed by atoms with Gasteiger partial charge in [0.05, 0.1) is 43.0 Å². The van der Waals surface area contributed by atoms with Gasteiger partial charge in [-0.05, 0) is 37.5 Å². The number of ether oxygens (including phenoxy) is 2. The summed E-state index contributed by atoms with van der Waals surface area (Å²) in [5, 5.41) is 7.52. The lowest BCUT2D eigenvalue weighted by atomic mass is 9.91. The number of fused-ring (bicyclic) bond motifs is 1. The quantitative estimate of drug-likeness (QED) is 0.725. The van der Waals surface area contributed by atoms with Crippen molar-refractivity contribution in [3.63, 3.8) is 0 Å². The topological polar surface area (TPSA) is 77.4 Å². The standard InChI is InChI=1S/C20H24N4O3/c1-14-3-2-4-17(23-14)13-26-8-6-16-12-27-19-11-24(10-18(16)19)20(25)15-5-7-21-22-9-15/h2-5,7,9,16,18-19H,6,8,10-13H2,1H3/t16-,18-,19-/m0/s1. The van der Waals surface area contributed by atoms with Gasteiger partial charge in [0.2, 0.25) is 0 Å². The maximum Gasteiger partial charge on any atom is 0.255 e. The molecular formula is C20H24N4O3. The van der Waals surface area contributed by atoms with E-state index >= 15 is 0 Å². The van der Waals surface area contributed by atoms with Crippen molar-refractivity contribution in [3.8, 4) is 0 Å². The molecule has 0 radical (unpaired) electrons. The Kier molecular flexibility index (Phi) is 5.40. The van der Waals surface area contributed by atoms with E-state index in [1.807, 2.05) is 30.0 Å². The summed E-state index contributed by atoms with van der Waals surface area (Å²) in [5.41, 5.74) is 2.54. The molecular weight excluding hydrogens is 344 g/mol. The smallest absolute Gasteiger partial charge is 0.255 e. The molecule has 142 valence electrons. The summed E-state index contributed by atoms with van der Waals surface area (Å²) < 4.78 is 11.8. The van der Waals surface area contributed by atoms with Crippen LogP contribution in [0.3, 0.4) is 0 Å². The Bertz CT molecular complexity index is 786. The van der Waals surface area contributed by atoms with Gasteiger partial charge < -0.3 is 14.4 Å². The van der Waals surface area contributed by atoms with Gasteiger partial charge in [-0.25, -0.2) is 0 Å². The van der Waals surface area contributed by atoms with E-state index in [4.69, 9.17) is 9.47 Å². The van der Waals surface area contributed by atoms with Crippen LogP contribution in [-0.4, -0.2) is 58.4 Å². The van der Waals surface area contributed by atoms with E-state index in [0.29, 0.717) is 37.2 Å². The van der Waals surface area contributed by atoms with Crippen LogP contribution >= 0.6 is 0 Å². The molecule has 7 nitrogen and oxygen atoms in total. The summed E-state index contributed by atoms with van der Waals surface area (Å²) in [6.07, 6.45) is 4.13. The number of hydrogen-bond donors (Lipinski definition) is 0. The Morgan fingerprint density at radius 3 is 3.04 bits per heavy atom. The number of carbonyl (C=O) groups is 1. The van der Waals surface area contributed by atoms with E-state index in [2.05, 4.69) is 15.2 Å². The zero-order chi connectivity index (χ0) is 18.6. The first kappa shape index (κ1) is 18.0. The molecule has 27 heavy (non-hydrogen) atoms. The molecule has 2 aromatic rings. The average molecular weight is 368 g/mol.